The Kier molecular flexibility index (Phi) is 4.25. The molecule has 1 aromatic rings. The summed E-state index contributed by atoms with van der Waals surface area (Å²) < 4.78 is 34.0. The van der Waals surface area contributed by atoms with Crippen LogP contribution >= 0.6 is 0 Å². The highest BCUT2D eigenvalue weighted by Gasteiger charge is 2.10. The Morgan fingerprint density at radius 2 is 1.76 bits per heavy atom. The number of esters is 1. The first-order valence-electron chi connectivity index (χ1n) is 4.98. The second-order valence-corrected chi connectivity index (χ2v) is 5.37. The minimum atomic E-state index is -4.10. The first-order chi connectivity index (χ1) is 7.78. The molecule has 0 bridgehead atoms. The predicted molar refractivity (Wildman–Crippen MR) is 62.6 cm³/mol. The van der Waals surface area contributed by atoms with Gasteiger partial charge in [0, 0.05) is 0 Å². The number of hydrogen-bond acceptors (Lipinski definition) is 4. The lowest BCUT2D eigenvalue weighted by Crippen LogP contribution is -2.14. The molecule has 0 radical (unpaired) electrons. The summed E-state index contributed by atoms with van der Waals surface area (Å²) in [6.45, 7) is 3.34. The summed E-state index contributed by atoms with van der Waals surface area (Å²) in [6.07, 6.45) is 0. The van der Waals surface area contributed by atoms with Gasteiger partial charge in [0.05, 0.1) is 5.56 Å². The molecule has 0 amide bonds. The minimum Gasteiger partial charge on any atom is -0.461 e. The predicted octanol–water partition coefficient (Wildman–Crippen LogP) is 1.35. The molecule has 0 unspecified atom stereocenters. The highest BCUT2D eigenvalue weighted by Crippen LogP contribution is 2.10. The number of ether oxygens (including phenoxy) is 1. The zero-order chi connectivity index (χ0) is 13.1. The van der Waals surface area contributed by atoms with Gasteiger partial charge in [-0.2, -0.15) is 8.42 Å². The van der Waals surface area contributed by atoms with Gasteiger partial charge in [-0.25, -0.2) is 4.79 Å². The summed E-state index contributed by atoms with van der Waals surface area (Å²) in [5.41, 5.74) is 2.22. The van der Waals surface area contributed by atoms with Gasteiger partial charge in [0.2, 0.25) is 0 Å². The standard InChI is InChI=1S/C11H14O5S/c1-8-5-9(2)7-10(6-8)11(12)16-3-4-17(13,14)15/h5-7H,3-4H2,1-2H3,(H,13,14,15). The van der Waals surface area contributed by atoms with Crippen LogP contribution < -0.4 is 0 Å². The Morgan fingerprint density at radius 3 is 2.24 bits per heavy atom. The molecule has 0 aliphatic rings. The second-order valence-electron chi connectivity index (χ2n) is 3.80. The molecule has 94 valence electrons. The molecule has 0 heterocycles. The summed E-state index contributed by atoms with van der Waals surface area (Å²) in [6, 6.07) is 5.22. The molecule has 1 N–H and O–H groups in total. The van der Waals surface area contributed by atoms with E-state index < -0.39 is 21.8 Å². The van der Waals surface area contributed by atoms with Crippen LogP contribution in [0.3, 0.4) is 0 Å². The Bertz CT molecular complexity index is 498. The van der Waals surface area contributed by atoms with Crippen molar-refractivity contribution in [1.29, 1.82) is 0 Å². The van der Waals surface area contributed by atoms with Crippen molar-refractivity contribution in [2.24, 2.45) is 0 Å². The lowest BCUT2D eigenvalue weighted by Gasteiger charge is -2.05. The molecule has 0 spiro atoms. The second kappa shape index (κ2) is 5.29. The summed E-state index contributed by atoms with van der Waals surface area (Å²) >= 11 is 0. The third-order valence-corrected chi connectivity index (χ3v) is 2.71. The van der Waals surface area contributed by atoms with Crippen LogP contribution in [0.2, 0.25) is 0 Å². The van der Waals surface area contributed by atoms with E-state index in [-0.39, 0.29) is 6.61 Å². The molecular formula is C11H14O5S. The zero-order valence-electron chi connectivity index (χ0n) is 9.63. The molecule has 0 aliphatic carbocycles. The molecule has 1 rings (SSSR count). The monoisotopic (exact) mass is 258 g/mol. The van der Waals surface area contributed by atoms with Crippen LogP contribution in [-0.4, -0.2) is 31.3 Å². The topological polar surface area (TPSA) is 80.7 Å². The summed E-state index contributed by atoms with van der Waals surface area (Å²) in [5, 5.41) is 0. The van der Waals surface area contributed by atoms with Crippen molar-refractivity contribution < 1.29 is 22.5 Å². The maximum absolute atomic E-state index is 11.5. The van der Waals surface area contributed by atoms with Crippen molar-refractivity contribution in [1.82, 2.24) is 0 Å². The van der Waals surface area contributed by atoms with E-state index in [0.717, 1.165) is 11.1 Å². The molecule has 0 aromatic heterocycles. The van der Waals surface area contributed by atoms with E-state index in [1.54, 1.807) is 12.1 Å². The number of benzene rings is 1. The average Bonchev–Trinajstić information content (AvgIpc) is 2.13. The quantitative estimate of drug-likeness (QED) is 0.651. The Morgan fingerprint density at radius 1 is 1.24 bits per heavy atom. The molecule has 0 saturated heterocycles. The van der Waals surface area contributed by atoms with Gasteiger partial charge < -0.3 is 4.74 Å². The van der Waals surface area contributed by atoms with Crippen molar-refractivity contribution in [2.45, 2.75) is 13.8 Å². The van der Waals surface area contributed by atoms with Gasteiger partial charge in [0.25, 0.3) is 10.1 Å². The Balaban J connectivity index is 2.64. The van der Waals surface area contributed by atoms with Gasteiger partial charge in [-0.05, 0) is 26.0 Å². The van der Waals surface area contributed by atoms with E-state index in [0.29, 0.717) is 5.56 Å². The van der Waals surface area contributed by atoms with Gasteiger partial charge in [-0.1, -0.05) is 17.2 Å². The van der Waals surface area contributed by atoms with E-state index in [9.17, 15) is 13.2 Å². The first kappa shape index (κ1) is 13.7. The number of carbonyl (C=O) groups is 1. The lowest BCUT2D eigenvalue weighted by molar-refractivity contribution is 0.0528. The number of carbonyl (C=O) groups excluding carboxylic acids is 1. The third kappa shape index (κ3) is 4.97. The SMILES string of the molecule is Cc1cc(C)cc(C(=O)OCCS(=O)(=O)O)c1. The molecular weight excluding hydrogens is 244 g/mol. The smallest absolute Gasteiger partial charge is 0.338 e. The summed E-state index contributed by atoms with van der Waals surface area (Å²) in [4.78, 5) is 11.5. The van der Waals surface area contributed by atoms with Crippen LogP contribution in [0.15, 0.2) is 18.2 Å². The van der Waals surface area contributed by atoms with Crippen LogP contribution in [0.5, 0.6) is 0 Å². The van der Waals surface area contributed by atoms with Crippen molar-refractivity contribution in [2.75, 3.05) is 12.4 Å². The van der Waals surface area contributed by atoms with Gasteiger partial charge >= 0.3 is 5.97 Å². The largest absolute Gasteiger partial charge is 0.461 e. The van der Waals surface area contributed by atoms with E-state index in [2.05, 4.69) is 0 Å². The van der Waals surface area contributed by atoms with Crippen molar-refractivity contribution in [3.05, 3.63) is 34.9 Å². The van der Waals surface area contributed by atoms with E-state index in [4.69, 9.17) is 9.29 Å². The van der Waals surface area contributed by atoms with Gasteiger partial charge in [-0.15, -0.1) is 0 Å². The molecule has 0 fully saturated rings. The van der Waals surface area contributed by atoms with Crippen LogP contribution in [0.25, 0.3) is 0 Å². The van der Waals surface area contributed by atoms with Crippen LogP contribution in [-0.2, 0) is 14.9 Å². The molecule has 0 saturated carbocycles. The van der Waals surface area contributed by atoms with Crippen LogP contribution in [0, 0.1) is 13.8 Å². The average molecular weight is 258 g/mol. The highest BCUT2D eigenvalue weighted by atomic mass is 32.2. The maximum Gasteiger partial charge on any atom is 0.338 e. The van der Waals surface area contributed by atoms with Crippen molar-refractivity contribution in [3.63, 3.8) is 0 Å². The number of hydrogen-bond donors (Lipinski definition) is 1. The highest BCUT2D eigenvalue weighted by molar-refractivity contribution is 7.85. The van der Waals surface area contributed by atoms with Crippen molar-refractivity contribution >= 4 is 16.1 Å². The van der Waals surface area contributed by atoms with Crippen LogP contribution in [0.4, 0.5) is 0 Å². The van der Waals surface area contributed by atoms with Gasteiger partial charge in [0.1, 0.15) is 12.4 Å². The molecule has 5 nitrogen and oxygen atoms in total. The fourth-order valence-corrected chi connectivity index (χ4v) is 1.71. The molecule has 17 heavy (non-hydrogen) atoms. The van der Waals surface area contributed by atoms with E-state index >= 15 is 0 Å². The fourth-order valence-electron chi connectivity index (χ4n) is 1.42. The zero-order valence-corrected chi connectivity index (χ0v) is 10.5. The summed E-state index contributed by atoms with van der Waals surface area (Å²) in [7, 11) is -4.10. The fraction of sp³-hybridized carbons (Fsp3) is 0.364. The molecule has 0 atom stereocenters. The minimum absolute atomic E-state index is 0.356. The molecule has 0 aliphatic heterocycles. The van der Waals surface area contributed by atoms with E-state index in [1.165, 1.54) is 0 Å². The third-order valence-electron chi connectivity index (χ3n) is 2.03. The van der Waals surface area contributed by atoms with Gasteiger partial charge in [0.15, 0.2) is 0 Å². The number of rotatable bonds is 4. The maximum atomic E-state index is 11.5. The van der Waals surface area contributed by atoms with Gasteiger partial charge in [-0.3, -0.25) is 4.55 Å². The summed E-state index contributed by atoms with van der Waals surface area (Å²) in [5.74, 6) is -1.19. The molecule has 6 heteroatoms. The van der Waals surface area contributed by atoms with E-state index in [1.807, 2.05) is 19.9 Å². The van der Waals surface area contributed by atoms with Crippen molar-refractivity contribution in [3.8, 4) is 0 Å². The Hall–Kier alpha value is -1.40. The number of aryl methyl sites for hydroxylation is 2. The van der Waals surface area contributed by atoms with Crippen LogP contribution in [0.1, 0.15) is 21.5 Å². The first-order valence-corrected chi connectivity index (χ1v) is 6.59. The molecule has 1 aromatic carbocycles. The normalized spacial score (nSPS) is 11.2. The Labute approximate surface area is 100 Å². The lowest BCUT2D eigenvalue weighted by atomic mass is 10.1.